The van der Waals surface area contributed by atoms with E-state index in [1.54, 1.807) is 6.08 Å². The number of aliphatic hydroxyl groups is 1. The van der Waals surface area contributed by atoms with Crippen molar-refractivity contribution < 1.29 is 9.90 Å². The maximum Gasteiger partial charge on any atom is 0.244 e. The number of aromatic nitrogens is 1. The van der Waals surface area contributed by atoms with Crippen LogP contribution >= 0.6 is 0 Å². The molecule has 1 aliphatic rings. The highest BCUT2D eigenvalue weighted by atomic mass is 16.3. The second kappa shape index (κ2) is 8.74. The topological polar surface area (TPSA) is 65.5 Å². The summed E-state index contributed by atoms with van der Waals surface area (Å²) in [6.07, 6.45) is 5.78. The van der Waals surface area contributed by atoms with Crippen LogP contribution in [0.1, 0.15) is 25.0 Å². The minimum atomic E-state index is -0.134. The fourth-order valence-electron chi connectivity index (χ4n) is 3.05. The normalized spacial score (nSPS) is 16.5. The summed E-state index contributed by atoms with van der Waals surface area (Å²) in [5.74, 6) is -0.0935. The maximum absolute atomic E-state index is 11.9. The molecule has 5 nitrogen and oxygen atoms in total. The zero-order valence-electron chi connectivity index (χ0n) is 14.4. The molecule has 3 rings (SSSR count). The number of carbonyl (C=O) groups is 1. The minimum Gasteiger partial charge on any atom is -0.393 e. The molecule has 0 spiro atoms. The Labute approximate surface area is 148 Å². The Balaban J connectivity index is 1.40. The molecule has 0 unspecified atom stereocenters. The van der Waals surface area contributed by atoms with Gasteiger partial charge in [-0.25, -0.2) is 4.98 Å². The first-order valence-corrected chi connectivity index (χ1v) is 8.93. The Morgan fingerprint density at radius 3 is 2.88 bits per heavy atom. The van der Waals surface area contributed by atoms with Crippen LogP contribution < -0.4 is 5.32 Å². The Hall–Kier alpha value is -2.24. The number of pyridine rings is 1. The van der Waals surface area contributed by atoms with Gasteiger partial charge < -0.3 is 15.3 Å². The number of rotatable bonds is 6. The van der Waals surface area contributed by atoms with Crippen molar-refractivity contribution in [2.45, 2.75) is 25.4 Å². The number of aliphatic hydroxyl groups excluding tert-OH is 1. The minimum absolute atomic E-state index is 0.0935. The average molecular weight is 339 g/mol. The van der Waals surface area contributed by atoms with Crippen LogP contribution in [0, 0.1) is 0 Å². The van der Waals surface area contributed by atoms with E-state index in [4.69, 9.17) is 0 Å². The third-order valence-corrected chi connectivity index (χ3v) is 4.53. The van der Waals surface area contributed by atoms with Gasteiger partial charge in [-0.1, -0.05) is 24.3 Å². The van der Waals surface area contributed by atoms with Gasteiger partial charge in [0.2, 0.25) is 5.91 Å². The Kier molecular flexibility index (Phi) is 6.14. The van der Waals surface area contributed by atoms with E-state index >= 15 is 0 Å². The third-order valence-electron chi connectivity index (χ3n) is 4.53. The Morgan fingerprint density at radius 1 is 1.24 bits per heavy atom. The van der Waals surface area contributed by atoms with Crippen LogP contribution in [0.15, 0.2) is 42.5 Å². The van der Waals surface area contributed by atoms with Crippen LogP contribution in [0.2, 0.25) is 0 Å². The third kappa shape index (κ3) is 5.37. The summed E-state index contributed by atoms with van der Waals surface area (Å²) < 4.78 is 0. The van der Waals surface area contributed by atoms with Gasteiger partial charge in [-0.2, -0.15) is 0 Å². The highest BCUT2D eigenvalue weighted by molar-refractivity contribution is 5.91. The molecule has 5 heteroatoms. The van der Waals surface area contributed by atoms with Crippen molar-refractivity contribution in [2.75, 3.05) is 26.2 Å². The molecule has 2 heterocycles. The van der Waals surface area contributed by atoms with Gasteiger partial charge in [0, 0.05) is 31.1 Å². The lowest BCUT2D eigenvalue weighted by molar-refractivity contribution is -0.116. The molecule has 0 atom stereocenters. The van der Waals surface area contributed by atoms with Gasteiger partial charge in [-0.15, -0.1) is 0 Å². The first-order valence-electron chi connectivity index (χ1n) is 8.93. The van der Waals surface area contributed by atoms with Crippen LogP contribution in [-0.2, 0) is 4.79 Å². The van der Waals surface area contributed by atoms with E-state index in [-0.39, 0.29) is 12.0 Å². The number of benzene rings is 1. The molecule has 25 heavy (non-hydrogen) atoms. The van der Waals surface area contributed by atoms with E-state index in [0.717, 1.165) is 55.5 Å². The fourth-order valence-corrected chi connectivity index (χ4v) is 3.05. The summed E-state index contributed by atoms with van der Waals surface area (Å²) in [4.78, 5) is 18.8. The number of carbonyl (C=O) groups excluding carboxylic acids is 1. The van der Waals surface area contributed by atoms with E-state index < -0.39 is 0 Å². The molecule has 1 saturated heterocycles. The summed E-state index contributed by atoms with van der Waals surface area (Å²) in [5.41, 5.74) is 1.71. The molecule has 1 aromatic carbocycles. The lowest BCUT2D eigenvalue weighted by Crippen LogP contribution is -2.37. The molecule has 0 saturated carbocycles. The second-order valence-corrected chi connectivity index (χ2v) is 6.48. The number of likely N-dealkylation sites (tertiary alicyclic amines) is 1. The number of amides is 1. The Bertz CT molecular complexity index is 737. The number of nitrogens with one attached hydrogen (secondary N) is 1. The van der Waals surface area contributed by atoms with E-state index in [2.05, 4.69) is 15.2 Å². The Morgan fingerprint density at radius 2 is 2.04 bits per heavy atom. The number of piperidine rings is 1. The van der Waals surface area contributed by atoms with Crippen molar-refractivity contribution in [1.82, 2.24) is 15.2 Å². The monoisotopic (exact) mass is 339 g/mol. The number of fused-ring (bicyclic) bond motifs is 1. The summed E-state index contributed by atoms with van der Waals surface area (Å²) in [6.45, 7) is 3.52. The summed E-state index contributed by atoms with van der Waals surface area (Å²) >= 11 is 0. The molecule has 2 aromatic rings. The van der Waals surface area contributed by atoms with Gasteiger partial charge in [0.15, 0.2) is 0 Å². The molecule has 1 fully saturated rings. The predicted molar refractivity (Wildman–Crippen MR) is 100 cm³/mol. The lowest BCUT2D eigenvalue weighted by atomic mass is 10.1. The molecule has 1 amide bonds. The smallest absolute Gasteiger partial charge is 0.244 e. The van der Waals surface area contributed by atoms with E-state index in [9.17, 15) is 9.90 Å². The van der Waals surface area contributed by atoms with Crippen molar-refractivity contribution in [1.29, 1.82) is 0 Å². The molecule has 1 aromatic heterocycles. The van der Waals surface area contributed by atoms with Crippen molar-refractivity contribution in [2.24, 2.45) is 0 Å². The van der Waals surface area contributed by atoms with Gasteiger partial charge >= 0.3 is 0 Å². The van der Waals surface area contributed by atoms with Gasteiger partial charge in [0.25, 0.3) is 0 Å². The van der Waals surface area contributed by atoms with Crippen LogP contribution in [0.3, 0.4) is 0 Å². The molecule has 0 radical (unpaired) electrons. The standard InChI is InChI=1S/C20H25N3O2/c24-18-10-14-23(15-11-18)13-3-12-21-20(25)9-8-17-7-6-16-4-1-2-5-19(16)22-17/h1-2,4-9,18,24H,3,10-15H2,(H,21,25). The molecule has 0 aliphatic carbocycles. The molecule has 132 valence electrons. The largest absolute Gasteiger partial charge is 0.393 e. The number of para-hydroxylation sites is 1. The van der Waals surface area contributed by atoms with Crippen LogP contribution in [0.25, 0.3) is 17.0 Å². The number of nitrogens with zero attached hydrogens (tertiary/aromatic N) is 2. The molecular formula is C20H25N3O2. The number of hydrogen-bond acceptors (Lipinski definition) is 4. The van der Waals surface area contributed by atoms with Gasteiger partial charge in [0.05, 0.1) is 17.3 Å². The van der Waals surface area contributed by atoms with E-state index in [1.165, 1.54) is 6.08 Å². The van der Waals surface area contributed by atoms with Gasteiger partial charge in [-0.3, -0.25) is 4.79 Å². The zero-order chi connectivity index (χ0) is 17.5. The molecule has 2 N–H and O–H groups in total. The van der Waals surface area contributed by atoms with Crippen molar-refractivity contribution in [3.05, 3.63) is 48.2 Å². The molecule has 0 bridgehead atoms. The van der Waals surface area contributed by atoms with Gasteiger partial charge in [-0.05, 0) is 44.0 Å². The summed E-state index contributed by atoms with van der Waals surface area (Å²) in [5, 5.41) is 13.5. The van der Waals surface area contributed by atoms with E-state index in [1.807, 2.05) is 36.4 Å². The molecular weight excluding hydrogens is 314 g/mol. The summed E-state index contributed by atoms with van der Waals surface area (Å²) in [6, 6.07) is 11.8. The van der Waals surface area contributed by atoms with E-state index in [0.29, 0.717) is 6.54 Å². The van der Waals surface area contributed by atoms with Crippen LogP contribution in [0.5, 0.6) is 0 Å². The first kappa shape index (κ1) is 17.6. The quantitative estimate of drug-likeness (QED) is 0.626. The van der Waals surface area contributed by atoms with Gasteiger partial charge in [0.1, 0.15) is 0 Å². The zero-order valence-corrected chi connectivity index (χ0v) is 14.4. The van der Waals surface area contributed by atoms with Crippen molar-refractivity contribution >= 4 is 22.9 Å². The first-order chi connectivity index (χ1) is 12.2. The average Bonchev–Trinajstić information content (AvgIpc) is 2.65. The molecule has 1 aliphatic heterocycles. The SMILES string of the molecule is O=C(C=Cc1ccc2ccccc2n1)NCCCN1CCC(O)CC1. The highest BCUT2D eigenvalue weighted by Gasteiger charge is 2.15. The maximum atomic E-state index is 11.9. The van der Waals surface area contributed by atoms with Crippen LogP contribution in [0.4, 0.5) is 0 Å². The predicted octanol–water partition coefficient (Wildman–Crippen LogP) is 2.21. The fraction of sp³-hybridized carbons (Fsp3) is 0.400. The second-order valence-electron chi connectivity index (χ2n) is 6.48. The lowest BCUT2D eigenvalue weighted by Gasteiger charge is -2.29. The van der Waals surface area contributed by atoms with Crippen molar-refractivity contribution in [3.63, 3.8) is 0 Å². The van der Waals surface area contributed by atoms with Crippen molar-refractivity contribution in [3.8, 4) is 0 Å². The highest BCUT2D eigenvalue weighted by Crippen LogP contribution is 2.12. The van der Waals surface area contributed by atoms with Crippen LogP contribution in [-0.4, -0.2) is 53.2 Å². The summed E-state index contributed by atoms with van der Waals surface area (Å²) in [7, 11) is 0. The number of hydrogen-bond donors (Lipinski definition) is 2.